The molecule has 0 amide bonds. The van der Waals surface area contributed by atoms with E-state index in [1.54, 1.807) is 12.1 Å². The van der Waals surface area contributed by atoms with Crippen LogP contribution in [0.3, 0.4) is 0 Å². The zero-order valence-electron chi connectivity index (χ0n) is 11.1. The molecule has 4 nitrogen and oxygen atoms in total. The third-order valence-corrected chi connectivity index (χ3v) is 3.35. The Hall–Kier alpha value is -1.71. The van der Waals surface area contributed by atoms with E-state index in [4.69, 9.17) is 5.26 Å². The Bertz CT molecular complexity index is 470. The van der Waals surface area contributed by atoms with E-state index in [9.17, 15) is 8.78 Å². The standard InChI is InChI=1S/C14H17F2N3O/c15-14(16)20-12-3-1-2-11(10-12)13(4-5-17)19-8-6-18-7-9-19/h1-3,10,13-14,18H,4,6-9H2/t13-/m0/s1. The van der Waals surface area contributed by atoms with Crippen LogP contribution in [0.15, 0.2) is 24.3 Å². The Kier molecular flexibility index (Phi) is 5.27. The molecule has 0 spiro atoms. The van der Waals surface area contributed by atoms with Crippen LogP contribution in [0.5, 0.6) is 5.75 Å². The number of ether oxygens (including phenoxy) is 1. The van der Waals surface area contributed by atoms with Crippen molar-refractivity contribution in [2.45, 2.75) is 19.1 Å². The van der Waals surface area contributed by atoms with E-state index in [0.29, 0.717) is 6.42 Å². The molecule has 20 heavy (non-hydrogen) atoms. The topological polar surface area (TPSA) is 48.3 Å². The normalized spacial score (nSPS) is 17.7. The zero-order valence-corrected chi connectivity index (χ0v) is 11.1. The highest BCUT2D eigenvalue weighted by atomic mass is 19.3. The SMILES string of the molecule is N#CC[C@@H](c1cccc(OC(F)F)c1)N1CCNCC1. The number of hydrogen-bond donors (Lipinski definition) is 1. The van der Waals surface area contributed by atoms with Gasteiger partial charge in [-0.2, -0.15) is 14.0 Å². The molecule has 0 radical (unpaired) electrons. The van der Waals surface area contributed by atoms with E-state index in [2.05, 4.69) is 21.0 Å². The highest BCUT2D eigenvalue weighted by Crippen LogP contribution is 2.27. The van der Waals surface area contributed by atoms with Gasteiger partial charge in [0.15, 0.2) is 0 Å². The molecule has 1 aliphatic rings. The van der Waals surface area contributed by atoms with Crippen LogP contribution in [-0.2, 0) is 0 Å². The number of nitrogens with one attached hydrogen (secondary N) is 1. The summed E-state index contributed by atoms with van der Waals surface area (Å²) < 4.78 is 28.9. The second-order valence-corrected chi connectivity index (χ2v) is 4.61. The van der Waals surface area contributed by atoms with Crippen molar-refractivity contribution in [3.05, 3.63) is 29.8 Å². The summed E-state index contributed by atoms with van der Waals surface area (Å²) in [7, 11) is 0. The van der Waals surface area contributed by atoms with Gasteiger partial charge < -0.3 is 10.1 Å². The molecule has 1 fully saturated rings. The van der Waals surface area contributed by atoms with Gasteiger partial charge in [0.25, 0.3) is 0 Å². The molecule has 1 aliphatic heterocycles. The molecule has 6 heteroatoms. The second-order valence-electron chi connectivity index (χ2n) is 4.61. The third-order valence-electron chi connectivity index (χ3n) is 3.35. The minimum absolute atomic E-state index is 0.0803. The number of alkyl halides is 2. The number of nitriles is 1. The Labute approximate surface area is 116 Å². The first-order valence-corrected chi connectivity index (χ1v) is 6.57. The van der Waals surface area contributed by atoms with E-state index in [1.807, 2.05) is 6.07 Å². The first-order valence-electron chi connectivity index (χ1n) is 6.57. The largest absolute Gasteiger partial charge is 0.435 e. The van der Waals surface area contributed by atoms with Crippen LogP contribution in [0.4, 0.5) is 8.78 Å². The average molecular weight is 281 g/mol. The molecule has 1 aromatic rings. The Morgan fingerprint density at radius 3 is 2.75 bits per heavy atom. The molecule has 1 saturated heterocycles. The summed E-state index contributed by atoms with van der Waals surface area (Å²) in [6.45, 7) is 0.585. The predicted octanol–water partition coefficient (Wildman–Crippen LogP) is 2.15. The Balaban J connectivity index is 2.17. The molecule has 1 aromatic carbocycles. The molecule has 0 bridgehead atoms. The molecule has 1 N–H and O–H groups in total. The number of rotatable bonds is 5. The minimum atomic E-state index is -2.83. The van der Waals surface area contributed by atoms with Crippen molar-refractivity contribution in [1.82, 2.24) is 10.2 Å². The summed E-state index contributed by atoms with van der Waals surface area (Å²) in [4.78, 5) is 2.20. The molecule has 0 saturated carbocycles. The fraction of sp³-hybridized carbons (Fsp3) is 0.500. The molecule has 1 heterocycles. The van der Waals surface area contributed by atoms with Crippen LogP contribution >= 0.6 is 0 Å². The molecule has 0 unspecified atom stereocenters. The first-order chi connectivity index (χ1) is 9.70. The number of benzene rings is 1. The summed E-state index contributed by atoms with van der Waals surface area (Å²) in [5.74, 6) is 0.135. The van der Waals surface area contributed by atoms with Gasteiger partial charge in [0.2, 0.25) is 0 Å². The number of piperazine rings is 1. The molecule has 0 aromatic heterocycles. The van der Waals surface area contributed by atoms with E-state index in [1.165, 1.54) is 6.07 Å². The van der Waals surface area contributed by atoms with Crippen LogP contribution in [0.2, 0.25) is 0 Å². The van der Waals surface area contributed by atoms with Crippen molar-refractivity contribution in [2.75, 3.05) is 26.2 Å². The van der Waals surface area contributed by atoms with E-state index >= 15 is 0 Å². The van der Waals surface area contributed by atoms with Gasteiger partial charge in [0.1, 0.15) is 5.75 Å². The number of hydrogen-bond acceptors (Lipinski definition) is 4. The number of nitrogens with zero attached hydrogens (tertiary/aromatic N) is 2. The van der Waals surface area contributed by atoms with Crippen LogP contribution in [0.1, 0.15) is 18.0 Å². The summed E-state index contributed by atoms with van der Waals surface area (Å²) in [5, 5.41) is 12.3. The van der Waals surface area contributed by atoms with Crippen molar-refractivity contribution >= 4 is 0 Å². The van der Waals surface area contributed by atoms with Gasteiger partial charge in [-0.25, -0.2) is 0 Å². The minimum Gasteiger partial charge on any atom is -0.435 e. The van der Waals surface area contributed by atoms with Crippen LogP contribution in [0.25, 0.3) is 0 Å². The summed E-state index contributed by atoms with van der Waals surface area (Å²) in [6.07, 6.45) is 0.331. The fourth-order valence-corrected chi connectivity index (χ4v) is 2.44. The Morgan fingerprint density at radius 1 is 1.35 bits per heavy atom. The molecule has 2 rings (SSSR count). The van der Waals surface area contributed by atoms with Crippen molar-refractivity contribution < 1.29 is 13.5 Å². The summed E-state index contributed by atoms with van der Waals surface area (Å²) >= 11 is 0. The fourth-order valence-electron chi connectivity index (χ4n) is 2.44. The van der Waals surface area contributed by atoms with Crippen molar-refractivity contribution in [2.24, 2.45) is 0 Å². The lowest BCUT2D eigenvalue weighted by atomic mass is 10.0. The van der Waals surface area contributed by atoms with E-state index < -0.39 is 6.61 Å². The monoisotopic (exact) mass is 281 g/mol. The van der Waals surface area contributed by atoms with Gasteiger partial charge in [-0.15, -0.1) is 0 Å². The van der Waals surface area contributed by atoms with Gasteiger partial charge >= 0.3 is 6.61 Å². The molecule has 108 valence electrons. The van der Waals surface area contributed by atoms with E-state index in [-0.39, 0.29) is 11.8 Å². The lowest BCUT2D eigenvalue weighted by molar-refractivity contribution is -0.0499. The molecule has 0 aliphatic carbocycles. The zero-order chi connectivity index (χ0) is 14.4. The second kappa shape index (κ2) is 7.17. The van der Waals surface area contributed by atoms with Gasteiger partial charge in [-0.05, 0) is 17.7 Å². The van der Waals surface area contributed by atoms with Gasteiger partial charge in [0.05, 0.1) is 12.5 Å². The van der Waals surface area contributed by atoms with Crippen molar-refractivity contribution in [1.29, 1.82) is 5.26 Å². The molecular weight excluding hydrogens is 264 g/mol. The molecule has 1 atom stereocenters. The predicted molar refractivity (Wildman–Crippen MR) is 70.5 cm³/mol. The highest BCUT2D eigenvalue weighted by molar-refractivity contribution is 5.31. The van der Waals surface area contributed by atoms with Gasteiger partial charge in [0, 0.05) is 32.2 Å². The van der Waals surface area contributed by atoms with Crippen LogP contribution in [-0.4, -0.2) is 37.7 Å². The quantitative estimate of drug-likeness (QED) is 0.898. The van der Waals surface area contributed by atoms with Crippen molar-refractivity contribution in [3.8, 4) is 11.8 Å². The summed E-state index contributed by atoms with van der Waals surface area (Å²) in [5.41, 5.74) is 0.839. The summed E-state index contributed by atoms with van der Waals surface area (Å²) in [6, 6.07) is 8.71. The van der Waals surface area contributed by atoms with Gasteiger partial charge in [-0.3, -0.25) is 4.90 Å². The maximum Gasteiger partial charge on any atom is 0.387 e. The number of halogens is 2. The third kappa shape index (κ3) is 3.89. The van der Waals surface area contributed by atoms with Crippen molar-refractivity contribution in [3.63, 3.8) is 0 Å². The Morgan fingerprint density at radius 2 is 2.10 bits per heavy atom. The van der Waals surface area contributed by atoms with Crippen LogP contribution in [0, 0.1) is 11.3 Å². The lowest BCUT2D eigenvalue weighted by Crippen LogP contribution is -2.45. The van der Waals surface area contributed by atoms with Crippen LogP contribution < -0.4 is 10.1 Å². The highest BCUT2D eigenvalue weighted by Gasteiger charge is 2.22. The first kappa shape index (κ1) is 14.7. The van der Waals surface area contributed by atoms with E-state index in [0.717, 1.165) is 31.7 Å². The lowest BCUT2D eigenvalue weighted by Gasteiger charge is -2.34. The average Bonchev–Trinajstić information content (AvgIpc) is 2.45. The van der Waals surface area contributed by atoms with Gasteiger partial charge in [-0.1, -0.05) is 12.1 Å². The smallest absolute Gasteiger partial charge is 0.387 e. The molecular formula is C14H17F2N3O. The maximum absolute atomic E-state index is 12.3. The maximum atomic E-state index is 12.3.